The van der Waals surface area contributed by atoms with Crippen LogP contribution in [-0.4, -0.2) is 37.5 Å². The molecule has 0 radical (unpaired) electrons. The van der Waals surface area contributed by atoms with E-state index in [1.54, 1.807) is 13.8 Å². The van der Waals surface area contributed by atoms with E-state index in [0.29, 0.717) is 0 Å². The van der Waals surface area contributed by atoms with Crippen LogP contribution in [0.25, 0.3) is 11.3 Å². The van der Waals surface area contributed by atoms with E-state index in [2.05, 4.69) is 10.3 Å². The van der Waals surface area contributed by atoms with E-state index in [9.17, 15) is 24.5 Å². The highest BCUT2D eigenvalue weighted by Gasteiger charge is 2.19. The smallest absolute Gasteiger partial charge is 0.323 e. The Morgan fingerprint density at radius 1 is 1.37 bits per heavy atom. The normalized spacial score (nSPS) is 10.6. The molecule has 4 N–H and O–H groups in total. The number of primary amides is 1. The molecule has 0 saturated carbocycles. The SMILES string of the molecule is CC(C)Nc1ncc(-c2cc(C(N)=O)cc([N+](=O)[O-])c2)n(CC(=O)O)c1=O. The van der Waals surface area contributed by atoms with Gasteiger partial charge in [0.2, 0.25) is 5.91 Å². The van der Waals surface area contributed by atoms with Crippen molar-refractivity contribution >= 4 is 23.4 Å². The van der Waals surface area contributed by atoms with E-state index >= 15 is 0 Å². The molecule has 1 amide bonds. The van der Waals surface area contributed by atoms with Gasteiger partial charge in [-0.25, -0.2) is 4.98 Å². The van der Waals surface area contributed by atoms with Crippen molar-refractivity contribution in [1.82, 2.24) is 9.55 Å². The zero-order valence-corrected chi connectivity index (χ0v) is 14.5. The van der Waals surface area contributed by atoms with Crippen molar-refractivity contribution in [3.63, 3.8) is 0 Å². The summed E-state index contributed by atoms with van der Waals surface area (Å²) < 4.78 is 0.907. The maximum atomic E-state index is 12.6. The Morgan fingerprint density at radius 2 is 2.04 bits per heavy atom. The Balaban J connectivity index is 2.75. The van der Waals surface area contributed by atoms with Crippen LogP contribution in [-0.2, 0) is 11.3 Å². The quantitative estimate of drug-likeness (QED) is 0.471. The number of aromatic nitrogens is 2. The number of amides is 1. The molecule has 11 nitrogen and oxygen atoms in total. The van der Waals surface area contributed by atoms with Gasteiger partial charge < -0.3 is 16.2 Å². The maximum absolute atomic E-state index is 12.6. The monoisotopic (exact) mass is 375 g/mol. The van der Waals surface area contributed by atoms with E-state index in [0.717, 1.165) is 16.7 Å². The number of nitrogens with zero attached hydrogens (tertiary/aromatic N) is 3. The first-order chi connectivity index (χ1) is 12.6. The van der Waals surface area contributed by atoms with Gasteiger partial charge in [-0.3, -0.25) is 29.1 Å². The fourth-order valence-corrected chi connectivity index (χ4v) is 2.39. The summed E-state index contributed by atoms with van der Waals surface area (Å²) in [5.74, 6) is -2.26. The highest BCUT2D eigenvalue weighted by Crippen LogP contribution is 2.25. The molecule has 142 valence electrons. The number of carbonyl (C=O) groups excluding carboxylic acids is 1. The Hall–Kier alpha value is -3.76. The van der Waals surface area contributed by atoms with Gasteiger partial charge in [0.05, 0.1) is 16.8 Å². The lowest BCUT2D eigenvalue weighted by Gasteiger charge is -2.15. The van der Waals surface area contributed by atoms with Crippen molar-refractivity contribution in [1.29, 1.82) is 0 Å². The van der Waals surface area contributed by atoms with Gasteiger partial charge in [-0.2, -0.15) is 0 Å². The molecule has 11 heteroatoms. The van der Waals surface area contributed by atoms with Crippen molar-refractivity contribution < 1.29 is 19.6 Å². The van der Waals surface area contributed by atoms with Gasteiger partial charge in [-0.1, -0.05) is 0 Å². The molecule has 0 unspecified atom stereocenters. The molecular weight excluding hydrogens is 358 g/mol. The summed E-state index contributed by atoms with van der Waals surface area (Å²) in [5, 5.41) is 23.1. The van der Waals surface area contributed by atoms with Crippen LogP contribution in [0.1, 0.15) is 24.2 Å². The summed E-state index contributed by atoms with van der Waals surface area (Å²) in [6.45, 7) is 2.85. The zero-order valence-electron chi connectivity index (χ0n) is 14.5. The number of benzene rings is 1. The summed E-state index contributed by atoms with van der Waals surface area (Å²) in [6, 6.07) is 3.21. The van der Waals surface area contributed by atoms with Crippen LogP contribution in [0, 0.1) is 10.1 Å². The average molecular weight is 375 g/mol. The van der Waals surface area contributed by atoms with Gasteiger partial charge in [-0.05, 0) is 19.9 Å². The van der Waals surface area contributed by atoms with E-state index < -0.39 is 34.6 Å². The Kier molecular flexibility index (Phi) is 5.54. The van der Waals surface area contributed by atoms with Crippen molar-refractivity contribution in [2.45, 2.75) is 26.4 Å². The second-order valence-corrected chi connectivity index (χ2v) is 5.97. The van der Waals surface area contributed by atoms with Gasteiger partial charge in [0, 0.05) is 29.3 Å². The lowest BCUT2D eigenvalue weighted by atomic mass is 10.1. The Bertz CT molecular complexity index is 950. The molecule has 0 bridgehead atoms. The third-order valence-corrected chi connectivity index (χ3v) is 3.48. The van der Waals surface area contributed by atoms with Crippen LogP contribution in [0.3, 0.4) is 0 Å². The summed E-state index contributed by atoms with van der Waals surface area (Å²) in [7, 11) is 0. The number of carboxylic acids is 1. The molecule has 1 heterocycles. The van der Waals surface area contributed by atoms with Crippen molar-refractivity contribution in [2.24, 2.45) is 5.73 Å². The van der Waals surface area contributed by atoms with E-state index in [1.165, 1.54) is 12.3 Å². The highest BCUT2D eigenvalue weighted by atomic mass is 16.6. The van der Waals surface area contributed by atoms with Crippen LogP contribution in [0.15, 0.2) is 29.2 Å². The number of anilines is 1. The third-order valence-electron chi connectivity index (χ3n) is 3.48. The molecule has 0 aliphatic heterocycles. The summed E-state index contributed by atoms with van der Waals surface area (Å²) in [4.78, 5) is 49.7. The minimum Gasteiger partial charge on any atom is -0.480 e. The number of hydrogen-bond acceptors (Lipinski definition) is 7. The van der Waals surface area contributed by atoms with Crippen molar-refractivity contribution in [3.8, 4) is 11.3 Å². The van der Waals surface area contributed by atoms with Crippen LogP contribution in [0.4, 0.5) is 11.5 Å². The third kappa shape index (κ3) is 4.45. The number of non-ortho nitro benzene ring substituents is 1. The first-order valence-corrected chi connectivity index (χ1v) is 7.78. The molecule has 0 atom stereocenters. The second kappa shape index (κ2) is 7.64. The van der Waals surface area contributed by atoms with Crippen molar-refractivity contribution in [3.05, 3.63) is 50.4 Å². The summed E-state index contributed by atoms with van der Waals surface area (Å²) in [5.41, 5.74) is 3.98. The number of carboxylic acid groups (broad SMARTS) is 1. The Labute approximate surface area is 152 Å². The van der Waals surface area contributed by atoms with Crippen LogP contribution >= 0.6 is 0 Å². The van der Waals surface area contributed by atoms with Crippen LogP contribution < -0.4 is 16.6 Å². The minimum absolute atomic E-state index is 0.00269. The molecule has 2 aromatic rings. The highest BCUT2D eigenvalue weighted by molar-refractivity contribution is 5.95. The first kappa shape index (κ1) is 19.6. The molecule has 0 spiro atoms. The fraction of sp³-hybridized carbons (Fsp3) is 0.250. The molecule has 0 aliphatic carbocycles. The molecule has 0 saturated heterocycles. The number of aliphatic carboxylic acids is 1. The standard InChI is InChI=1S/C16H17N5O6/c1-8(2)19-15-16(25)20(7-13(22)23)12(6-18-15)9-3-10(14(17)24)5-11(4-9)21(26)27/h3-6,8H,7H2,1-2H3,(H2,17,24)(H,18,19)(H,22,23). The van der Waals surface area contributed by atoms with Gasteiger partial charge in [0.1, 0.15) is 6.54 Å². The molecule has 1 aromatic heterocycles. The number of nitrogens with one attached hydrogen (secondary N) is 1. The predicted octanol–water partition coefficient (Wildman–Crippen LogP) is 0.822. The topological polar surface area (TPSA) is 170 Å². The maximum Gasteiger partial charge on any atom is 0.323 e. The molecule has 2 rings (SSSR count). The van der Waals surface area contributed by atoms with E-state index in [1.807, 2.05) is 0 Å². The second-order valence-electron chi connectivity index (χ2n) is 5.97. The number of nitrogens with two attached hydrogens (primary N) is 1. The predicted molar refractivity (Wildman–Crippen MR) is 95.5 cm³/mol. The van der Waals surface area contributed by atoms with Crippen LogP contribution in [0.2, 0.25) is 0 Å². The molecule has 1 aromatic carbocycles. The van der Waals surface area contributed by atoms with Gasteiger partial charge >= 0.3 is 5.97 Å². The number of rotatable bonds is 7. The molecular formula is C16H17N5O6. The van der Waals surface area contributed by atoms with Gasteiger partial charge in [0.25, 0.3) is 11.2 Å². The molecule has 0 aliphatic rings. The number of nitro benzene ring substituents is 1. The first-order valence-electron chi connectivity index (χ1n) is 7.78. The molecule has 27 heavy (non-hydrogen) atoms. The molecule has 0 fully saturated rings. The van der Waals surface area contributed by atoms with Crippen LogP contribution in [0.5, 0.6) is 0 Å². The van der Waals surface area contributed by atoms with Gasteiger partial charge in [0.15, 0.2) is 5.82 Å². The zero-order chi connectivity index (χ0) is 20.3. The minimum atomic E-state index is -1.29. The lowest BCUT2D eigenvalue weighted by molar-refractivity contribution is -0.384. The summed E-state index contributed by atoms with van der Waals surface area (Å²) in [6.07, 6.45) is 1.21. The van der Waals surface area contributed by atoms with Crippen molar-refractivity contribution in [2.75, 3.05) is 5.32 Å². The summed E-state index contributed by atoms with van der Waals surface area (Å²) >= 11 is 0. The van der Waals surface area contributed by atoms with Gasteiger partial charge in [-0.15, -0.1) is 0 Å². The number of nitro groups is 1. The Morgan fingerprint density at radius 3 is 2.56 bits per heavy atom. The van der Waals surface area contributed by atoms with E-state index in [-0.39, 0.29) is 28.7 Å². The average Bonchev–Trinajstić information content (AvgIpc) is 2.57. The number of hydrogen-bond donors (Lipinski definition) is 3. The lowest BCUT2D eigenvalue weighted by Crippen LogP contribution is -2.30. The largest absolute Gasteiger partial charge is 0.480 e. The van der Waals surface area contributed by atoms with E-state index in [4.69, 9.17) is 10.8 Å². The fourth-order valence-electron chi connectivity index (χ4n) is 2.39. The number of carbonyl (C=O) groups is 2.